The van der Waals surface area contributed by atoms with Gasteiger partial charge in [0.15, 0.2) is 0 Å². The van der Waals surface area contributed by atoms with Gasteiger partial charge in [0.05, 0.1) is 28.9 Å². The monoisotopic (exact) mass is 457 g/mol. The van der Waals surface area contributed by atoms with Gasteiger partial charge in [0.2, 0.25) is 11.6 Å². The predicted molar refractivity (Wildman–Crippen MR) is 126 cm³/mol. The highest BCUT2D eigenvalue weighted by atomic mass is 16.3. The summed E-state index contributed by atoms with van der Waals surface area (Å²) in [7, 11) is 1.86. The molecule has 1 aliphatic rings. The van der Waals surface area contributed by atoms with E-state index in [0.717, 1.165) is 12.8 Å². The molecule has 0 atom stereocenters. The molecule has 0 spiro atoms. The fourth-order valence-electron chi connectivity index (χ4n) is 3.96. The lowest BCUT2D eigenvalue weighted by Crippen LogP contribution is -2.29. The number of hydrogen-bond acceptors (Lipinski definition) is 9. The minimum atomic E-state index is -0.539. The zero-order valence-electron chi connectivity index (χ0n) is 18.7. The number of phenols is 2. The van der Waals surface area contributed by atoms with Crippen molar-refractivity contribution in [2.75, 3.05) is 57.1 Å². The first-order chi connectivity index (χ1) is 15.9. The molecule has 0 radical (unpaired) electrons. The summed E-state index contributed by atoms with van der Waals surface area (Å²) in [5, 5.41) is 45.0. The van der Waals surface area contributed by atoms with E-state index < -0.39 is 11.6 Å². The summed E-state index contributed by atoms with van der Waals surface area (Å²) < 4.78 is 0. The Balaban J connectivity index is 1.97. The van der Waals surface area contributed by atoms with E-state index in [-0.39, 0.29) is 47.0 Å². The average molecular weight is 458 g/mol. The summed E-state index contributed by atoms with van der Waals surface area (Å²) in [6.07, 6.45) is 2.28. The van der Waals surface area contributed by atoms with Crippen LogP contribution in [0.25, 0.3) is 0 Å². The van der Waals surface area contributed by atoms with Crippen LogP contribution in [0.4, 0.5) is 11.4 Å². The maximum atomic E-state index is 13.5. The third-order valence-corrected chi connectivity index (χ3v) is 5.72. The number of aliphatic hydroxyl groups excluding tert-OH is 2. The number of carbonyl (C=O) groups excluding carboxylic acids is 2. The maximum absolute atomic E-state index is 13.5. The van der Waals surface area contributed by atoms with Gasteiger partial charge in [0.25, 0.3) is 0 Å². The van der Waals surface area contributed by atoms with Crippen molar-refractivity contribution >= 4 is 22.9 Å². The van der Waals surface area contributed by atoms with Crippen molar-refractivity contribution in [2.45, 2.75) is 19.3 Å². The van der Waals surface area contributed by atoms with Crippen LogP contribution in [-0.4, -0.2) is 83.3 Å². The Hall–Kier alpha value is -3.14. The fourth-order valence-corrected chi connectivity index (χ4v) is 3.96. The van der Waals surface area contributed by atoms with Crippen molar-refractivity contribution < 1.29 is 30.0 Å². The second-order valence-electron chi connectivity index (χ2n) is 8.09. The van der Waals surface area contributed by atoms with Crippen LogP contribution in [0.1, 0.15) is 51.1 Å². The topological polar surface area (TPSA) is 142 Å². The smallest absolute Gasteiger partial charge is 0.200 e. The van der Waals surface area contributed by atoms with Gasteiger partial charge in [0.1, 0.15) is 11.5 Å². The number of carbonyl (C=O) groups is 2. The Morgan fingerprint density at radius 1 is 0.697 bits per heavy atom. The molecular formula is C24H31N3O6. The Morgan fingerprint density at radius 2 is 1.24 bits per heavy atom. The first kappa shape index (κ1) is 24.5. The van der Waals surface area contributed by atoms with E-state index in [2.05, 4.69) is 10.6 Å². The molecule has 0 fully saturated rings. The molecule has 2 aromatic carbocycles. The van der Waals surface area contributed by atoms with Crippen LogP contribution in [0.5, 0.6) is 11.5 Å². The molecule has 6 N–H and O–H groups in total. The Morgan fingerprint density at radius 3 is 1.76 bits per heavy atom. The SMILES string of the molecule is CN(CCO)CCNc1ccc(NCCCCCO)c2c1C(=O)c1c(O)ccc(O)c1C2=O. The van der Waals surface area contributed by atoms with Crippen LogP contribution in [0.2, 0.25) is 0 Å². The van der Waals surface area contributed by atoms with Crippen LogP contribution in [0, 0.1) is 0 Å². The van der Waals surface area contributed by atoms with Crippen LogP contribution >= 0.6 is 0 Å². The number of nitrogens with one attached hydrogen (secondary N) is 2. The molecular weight excluding hydrogens is 426 g/mol. The first-order valence-corrected chi connectivity index (χ1v) is 11.1. The number of fused-ring (bicyclic) bond motifs is 2. The van der Waals surface area contributed by atoms with E-state index in [0.29, 0.717) is 44.0 Å². The zero-order chi connectivity index (χ0) is 24.0. The molecule has 2 aromatic rings. The molecule has 0 unspecified atom stereocenters. The average Bonchev–Trinajstić information content (AvgIpc) is 2.79. The third kappa shape index (κ3) is 5.27. The zero-order valence-corrected chi connectivity index (χ0v) is 18.7. The van der Waals surface area contributed by atoms with Gasteiger partial charge >= 0.3 is 0 Å². The number of unbranched alkanes of at least 4 members (excludes halogenated alkanes) is 2. The highest BCUT2D eigenvalue weighted by molar-refractivity contribution is 6.33. The highest BCUT2D eigenvalue weighted by Gasteiger charge is 2.37. The van der Waals surface area contributed by atoms with E-state index >= 15 is 0 Å². The molecule has 0 bridgehead atoms. The number of benzene rings is 2. The molecule has 0 saturated heterocycles. The van der Waals surface area contributed by atoms with Crippen molar-refractivity contribution in [1.82, 2.24) is 4.90 Å². The number of ketones is 2. The predicted octanol–water partition coefficient (Wildman–Crippen LogP) is 1.78. The van der Waals surface area contributed by atoms with E-state index in [1.165, 1.54) is 12.1 Å². The largest absolute Gasteiger partial charge is 0.507 e. The van der Waals surface area contributed by atoms with E-state index in [9.17, 15) is 19.8 Å². The third-order valence-electron chi connectivity index (χ3n) is 5.72. The van der Waals surface area contributed by atoms with E-state index in [1.807, 2.05) is 11.9 Å². The Kier molecular flexibility index (Phi) is 8.26. The normalized spacial score (nSPS) is 12.6. The number of anilines is 2. The number of hydrogen-bond donors (Lipinski definition) is 6. The van der Waals surface area contributed by atoms with Crippen molar-refractivity contribution in [1.29, 1.82) is 0 Å². The Bertz CT molecular complexity index is 1020. The fraction of sp³-hybridized carbons (Fsp3) is 0.417. The second-order valence-corrected chi connectivity index (χ2v) is 8.09. The summed E-state index contributed by atoms with van der Waals surface area (Å²) in [4.78, 5) is 28.8. The summed E-state index contributed by atoms with van der Waals surface area (Å²) in [5.41, 5.74) is 0.843. The number of likely N-dealkylation sites (N-methyl/N-ethyl adjacent to an activating group) is 1. The molecule has 0 heterocycles. The summed E-state index contributed by atoms with van der Waals surface area (Å²) in [5.74, 6) is -1.79. The molecule has 1 aliphatic carbocycles. The molecule has 0 amide bonds. The number of aromatic hydroxyl groups is 2. The second kappa shape index (κ2) is 11.1. The van der Waals surface area contributed by atoms with Crippen molar-refractivity contribution in [3.63, 3.8) is 0 Å². The van der Waals surface area contributed by atoms with E-state index in [1.54, 1.807) is 12.1 Å². The van der Waals surface area contributed by atoms with Crippen LogP contribution in [0.3, 0.4) is 0 Å². The minimum absolute atomic E-state index is 0.0388. The van der Waals surface area contributed by atoms with E-state index in [4.69, 9.17) is 10.2 Å². The quantitative estimate of drug-likeness (QED) is 0.177. The van der Waals surface area contributed by atoms with Gasteiger partial charge in [-0.15, -0.1) is 0 Å². The molecule has 33 heavy (non-hydrogen) atoms. The van der Waals surface area contributed by atoms with Gasteiger partial charge in [0, 0.05) is 44.2 Å². The number of rotatable bonds is 12. The molecule has 9 heteroatoms. The lowest BCUT2D eigenvalue weighted by atomic mass is 9.81. The van der Waals surface area contributed by atoms with Gasteiger partial charge in [-0.2, -0.15) is 0 Å². The summed E-state index contributed by atoms with van der Waals surface area (Å²) in [6, 6.07) is 5.84. The lowest BCUT2D eigenvalue weighted by Gasteiger charge is -2.25. The standard InChI is InChI=1S/C24H31N3O6/c1-27(12-14-29)11-10-26-16-6-5-15(25-9-3-2-4-13-28)19-20(16)24(33)22-18(31)8-7-17(30)21(22)23(19)32/h5-8,25-26,28-31H,2-4,9-14H2,1H3. The first-order valence-electron chi connectivity index (χ1n) is 11.1. The van der Waals surface area contributed by atoms with Gasteiger partial charge in [-0.05, 0) is 50.6 Å². The van der Waals surface area contributed by atoms with Gasteiger partial charge in [-0.25, -0.2) is 0 Å². The summed E-state index contributed by atoms with van der Waals surface area (Å²) in [6.45, 7) is 2.29. The van der Waals surface area contributed by atoms with Gasteiger partial charge in [-0.3, -0.25) is 9.59 Å². The molecule has 3 rings (SSSR count). The molecule has 0 aromatic heterocycles. The Labute approximate surface area is 192 Å². The number of aliphatic hydroxyl groups is 2. The van der Waals surface area contributed by atoms with Gasteiger partial charge < -0.3 is 36.0 Å². The van der Waals surface area contributed by atoms with Crippen molar-refractivity contribution in [3.05, 3.63) is 46.5 Å². The van der Waals surface area contributed by atoms with Crippen LogP contribution < -0.4 is 10.6 Å². The van der Waals surface area contributed by atoms with Crippen molar-refractivity contribution in [2.24, 2.45) is 0 Å². The lowest BCUT2D eigenvalue weighted by molar-refractivity contribution is 0.0975. The van der Waals surface area contributed by atoms with Crippen LogP contribution in [-0.2, 0) is 0 Å². The van der Waals surface area contributed by atoms with Crippen molar-refractivity contribution in [3.8, 4) is 11.5 Å². The van der Waals surface area contributed by atoms with Gasteiger partial charge in [-0.1, -0.05) is 0 Å². The molecule has 178 valence electrons. The number of phenolic OH excluding ortho intramolecular Hbond substituents is 2. The number of nitrogens with zero attached hydrogens (tertiary/aromatic N) is 1. The summed E-state index contributed by atoms with van der Waals surface area (Å²) >= 11 is 0. The van der Waals surface area contributed by atoms with Crippen LogP contribution in [0.15, 0.2) is 24.3 Å². The minimum Gasteiger partial charge on any atom is -0.507 e. The molecule has 9 nitrogen and oxygen atoms in total. The highest BCUT2D eigenvalue weighted by Crippen LogP contribution is 2.42. The molecule has 0 saturated carbocycles. The molecule has 0 aliphatic heterocycles. The maximum Gasteiger partial charge on any atom is 0.200 e.